The van der Waals surface area contributed by atoms with Gasteiger partial charge in [0.1, 0.15) is 67.1 Å². The van der Waals surface area contributed by atoms with Crippen LogP contribution in [0.2, 0.25) is 0 Å². The summed E-state index contributed by atoms with van der Waals surface area (Å²) in [6.07, 6.45) is -0.0359. The number of hydrogen-bond acceptors (Lipinski definition) is 20. The summed E-state index contributed by atoms with van der Waals surface area (Å²) < 4.78 is 34.7. The lowest BCUT2D eigenvalue weighted by atomic mass is 9.88. The second kappa shape index (κ2) is 39.3. The van der Waals surface area contributed by atoms with Crippen LogP contribution in [0.5, 0.6) is 0 Å². The molecule has 2 amide bonds. The molecule has 3 fully saturated rings. The molecule has 3 saturated heterocycles. The predicted molar refractivity (Wildman–Crippen MR) is 288 cm³/mol. The van der Waals surface area contributed by atoms with Crippen LogP contribution in [0.3, 0.4) is 0 Å². The Labute approximate surface area is 468 Å². The van der Waals surface area contributed by atoms with Gasteiger partial charge in [0.25, 0.3) is 5.79 Å². The second-order valence-corrected chi connectivity index (χ2v) is 22.2. The van der Waals surface area contributed by atoms with Gasteiger partial charge in [0.15, 0.2) is 12.6 Å². The fourth-order valence-electron chi connectivity index (χ4n) is 10.7. The number of rotatable bonds is 43. The summed E-state index contributed by atoms with van der Waals surface area (Å²) in [5.74, 6) is -6.10. The number of carbonyl (C=O) groups excluding carboxylic acids is 2. The number of amides is 2. The van der Waals surface area contributed by atoms with Crippen LogP contribution in [0, 0.1) is 0 Å². The van der Waals surface area contributed by atoms with Crippen molar-refractivity contribution in [1.82, 2.24) is 10.6 Å². The summed E-state index contributed by atoms with van der Waals surface area (Å²) in [5.41, 5.74) is 0. The smallest absolute Gasteiger partial charge is 0.364 e. The average Bonchev–Trinajstić information content (AvgIpc) is 3.50. The standard InChI is InChI=1S/C56H104N2O21/c1-4-6-8-10-12-14-16-18-20-22-24-26-28-30-43(66)58-37(38(63)29-27-25-23-21-19-17-15-13-11-9-7-5-2)35-74-53-48(70)47(69)50(42(34-61)76-53)77-54-49(71)52(46(68)41(33-60)75-54)79-56(55(72)73)31-39(64)44(57-36(3)62)51(78-56)45(67)40(65)32-59/h37-42,44-54,59-61,63-65,67-71H,4-35H2,1-3H3,(H,57,62)(H,58,66)(H,72,73). The molecule has 79 heavy (non-hydrogen) atoms. The van der Waals surface area contributed by atoms with E-state index in [9.17, 15) is 75.7 Å². The first-order valence-corrected chi connectivity index (χ1v) is 29.9. The van der Waals surface area contributed by atoms with Crippen molar-refractivity contribution in [2.75, 3.05) is 26.4 Å². The summed E-state index contributed by atoms with van der Waals surface area (Å²) in [4.78, 5) is 38.3. The minimum Gasteiger partial charge on any atom is -0.477 e. The normalized spacial score (nSPS) is 30.8. The molecule has 3 heterocycles. The number of aliphatic hydroxyl groups is 11. The van der Waals surface area contributed by atoms with Gasteiger partial charge in [-0.05, 0) is 12.8 Å². The molecule has 0 aromatic rings. The number of hydrogen-bond donors (Lipinski definition) is 14. The molecule has 0 aromatic carbocycles. The molecule has 0 saturated carbocycles. The van der Waals surface area contributed by atoms with Crippen molar-refractivity contribution in [2.45, 2.75) is 310 Å². The Bertz CT molecular complexity index is 1640. The maximum absolute atomic E-state index is 13.3. The predicted octanol–water partition coefficient (Wildman–Crippen LogP) is 2.22. The molecule has 0 spiro atoms. The Hall–Kier alpha value is -2.27. The van der Waals surface area contributed by atoms with Crippen molar-refractivity contribution in [1.29, 1.82) is 0 Å². The van der Waals surface area contributed by atoms with Gasteiger partial charge in [-0.25, -0.2) is 4.79 Å². The first-order chi connectivity index (χ1) is 37.9. The van der Waals surface area contributed by atoms with Crippen LogP contribution in [0.1, 0.15) is 201 Å². The maximum atomic E-state index is 13.3. The van der Waals surface area contributed by atoms with Crippen molar-refractivity contribution in [3.05, 3.63) is 0 Å². The summed E-state index contributed by atoms with van der Waals surface area (Å²) in [6, 6.07) is -2.52. The molecule has 23 heteroatoms. The highest BCUT2D eigenvalue weighted by Crippen LogP contribution is 2.38. The molecule has 0 aromatic heterocycles. The number of carboxylic acids is 1. The molecule has 464 valence electrons. The van der Waals surface area contributed by atoms with Crippen molar-refractivity contribution in [2.24, 2.45) is 0 Å². The lowest BCUT2D eigenvalue weighted by Crippen LogP contribution is -2.70. The quantitative estimate of drug-likeness (QED) is 0.0389. The molecule has 18 atom stereocenters. The summed E-state index contributed by atoms with van der Waals surface area (Å²) in [5, 5.41) is 135. The third-order valence-electron chi connectivity index (χ3n) is 15.6. The summed E-state index contributed by atoms with van der Waals surface area (Å²) >= 11 is 0. The number of aliphatic hydroxyl groups excluding tert-OH is 11. The van der Waals surface area contributed by atoms with Crippen LogP contribution >= 0.6 is 0 Å². The van der Waals surface area contributed by atoms with Crippen molar-refractivity contribution >= 4 is 17.8 Å². The van der Waals surface area contributed by atoms with E-state index >= 15 is 0 Å². The van der Waals surface area contributed by atoms with Gasteiger partial charge < -0.3 is 100 Å². The highest BCUT2D eigenvalue weighted by molar-refractivity contribution is 5.77. The van der Waals surface area contributed by atoms with Crippen molar-refractivity contribution in [3.63, 3.8) is 0 Å². The lowest BCUT2D eigenvalue weighted by Gasteiger charge is -2.50. The SMILES string of the molecule is CCCCCCCCCCCCCCCC(=O)NC(COC1OC(CO)C(OC2OC(CO)C(O)C(OC3(C(=O)O)CC(O)C(NC(C)=O)C(C(O)C(O)CO)O3)C2O)C(O)C1O)C(O)CCCCCCCCCCCCCC. The largest absolute Gasteiger partial charge is 0.477 e. The minimum atomic E-state index is -3.07. The zero-order valence-electron chi connectivity index (χ0n) is 47.5. The Kier molecular flexibility index (Phi) is 35.3. The van der Waals surface area contributed by atoms with Crippen LogP contribution in [0.25, 0.3) is 0 Å². The minimum absolute atomic E-state index is 0.228. The van der Waals surface area contributed by atoms with Crippen LogP contribution < -0.4 is 10.6 Å². The third kappa shape index (κ3) is 24.1. The highest BCUT2D eigenvalue weighted by Gasteiger charge is 2.60. The Balaban J connectivity index is 1.68. The second-order valence-electron chi connectivity index (χ2n) is 22.2. The monoisotopic (exact) mass is 1140 g/mol. The Morgan fingerprint density at radius 2 is 1.10 bits per heavy atom. The van der Waals surface area contributed by atoms with E-state index in [-0.39, 0.29) is 18.9 Å². The molecule has 18 unspecified atom stereocenters. The van der Waals surface area contributed by atoms with E-state index in [1.165, 1.54) is 96.3 Å². The van der Waals surface area contributed by atoms with Gasteiger partial charge >= 0.3 is 5.97 Å². The van der Waals surface area contributed by atoms with Gasteiger partial charge in [0.05, 0.1) is 50.7 Å². The van der Waals surface area contributed by atoms with Crippen LogP contribution in [-0.2, 0) is 42.8 Å². The summed E-state index contributed by atoms with van der Waals surface area (Å²) in [6.45, 7) is 2.15. The number of aliphatic carboxylic acids is 1. The number of carboxylic acid groups (broad SMARTS) is 1. The average molecular weight is 1140 g/mol. The van der Waals surface area contributed by atoms with E-state index in [0.717, 1.165) is 58.3 Å². The van der Waals surface area contributed by atoms with Crippen LogP contribution in [-0.4, -0.2) is 215 Å². The van der Waals surface area contributed by atoms with E-state index in [0.29, 0.717) is 19.3 Å². The number of ether oxygens (including phenoxy) is 6. The number of nitrogens with one attached hydrogen (secondary N) is 2. The van der Waals surface area contributed by atoms with Gasteiger partial charge in [0.2, 0.25) is 11.8 Å². The summed E-state index contributed by atoms with van der Waals surface area (Å²) in [7, 11) is 0. The molecule has 0 radical (unpaired) electrons. The maximum Gasteiger partial charge on any atom is 0.364 e. The first kappa shape index (κ1) is 71.0. The molecule has 3 aliphatic heterocycles. The molecule has 3 aliphatic rings. The topological polar surface area (TPSA) is 373 Å². The number of carbonyl (C=O) groups is 3. The molecule has 23 nitrogen and oxygen atoms in total. The lowest BCUT2D eigenvalue weighted by molar-refractivity contribution is -0.386. The van der Waals surface area contributed by atoms with Gasteiger partial charge in [-0.2, -0.15) is 0 Å². The van der Waals surface area contributed by atoms with Gasteiger partial charge in [0, 0.05) is 19.8 Å². The Morgan fingerprint density at radius 3 is 1.58 bits per heavy atom. The fraction of sp³-hybridized carbons (Fsp3) is 0.946. The van der Waals surface area contributed by atoms with E-state index in [4.69, 9.17) is 28.4 Å². The zero-order valence-corrected chi connectivity index (χ0v) is 47.5. The fourth-order valence-corrected chi connectivity index (χ4v) is 10.7. The highest BCUT2D eigenvalue weighted by atomic mass is 16.8. The van der Waals surface area contributed by atoms with Crippen molar-refractivity contribution in [3.8, 4) is 0 Å². The molecule has 0 aliphatic carbocycles. The number of unbranched alkanes of at least 4 members (excludes halogenated alkanes) is 23. The van der Waals surface area contributed by atoms with E-state index < -0.39 is 148 Å². The van der Waals surface area contributed by atoms with Gasteiger partial charge in [-0.15, -0.1) is 0 Å². The molecule has 14 N–H and O–H groups in total. The van der Waals surface area contributed by atoms with Crippen molar-refractivity contribution < 1.29 is 104 Å². The Morgan fingerprint density at radius 1 is 0.608 bits per heavy atom. The first-order valence-electron chi connectivity index (χ1n) is 29.9. The van der Waals surface area contributed by atoms with Crippen LogP contribution in [0.15, 0.2) is 0 Å². The van der Waals surface area contributed by atoms with Gasteiger partial charge in [-0.3, -0.25) is 9.59 Å². The molecular weight excluding hydrogens is 1040 g/mol. The zero-order chi connectivity index (χ0) is 58.3. The van der Waals surface area contributed by atoms with Crippen LogP contribution in [0.4, 0.5) is 0 Å². The van der Waals surface area contributed by atoms with E-state index in [2.05, 4.69) is 24.5 Å². The third-order valence-corrected chi connectivity index (χ3v) is 15.6. The molecular formula is C56H104N2O21. The molecule has 0 bridgehead atoms. The molecule has 3 rings (SSSR count). The van der Waals surface area contributed by atoms with Gasteiger partial charge in [-0.1, -0.05) is 168 Å². The van der Waals surface area contributed by atoms with E-state index in [1.54, 1.807) is 0 Å². The van der Waals surface area contributed by atoms with E-state index in [1.807, 2.05) is 0 Å².